The summed E-state index contributed by atoms with van der Waals surface area (Å²) in [4.78, 5) is 0. The molecule has 3 aromatic carbocycles. The van der Waals surface area contributed by atoms with Crippen LogP contribution in [0.3, 0.4) is 0 Å². The van der Waals surface area contributed by atoms with Crippen molar-refractivity contribution >= 4 is 44.7 Å². The van der Waals surface area contributed by atoms with Gasteiger partial charge in [-0.05, 0) is 0 Å². The van der Waals surface area contributed by atoms with Crippen molar-refractivity contribution in [1.29, 1.82) is 0 Å². The topological polar surface area (TPSA) is 0 Å². The molecule has 0 aliphatic carbocycles. The molecule has 0 nitrogen and oxygen atoms in total. The maximum atomic E-state index is 4.08. The van der Waals surface area contributed by atoms with Gasteiger partial charge >= 0.3 is 123 Å². The van der Waals surface area contributed by atoms with Gasteiger partial charge in [0.2, 0.25) is 0 Å². The Bertz CT molecular complexity index is 530. The molecule has 0 amide bonds. The first-order valence-corrected chi connectivity index (χ1v) is 13.5. The minimum atomic E-state index is -2.17. The molecule has 3 rings (SSSR count). The van der Waals surface area contributed by atoms with Crippen molar-refractivity contribution in [2.24, 2.45) is 0 Å². The van der Waals surface area contributed by atoms with Gasteiger partial charge in [-0.2, -0.15) is 6.26 Å². The third kappa shape index (κ3) is 4.45. The Kier molecular flexibility index (Phi) is 7.03. The van der Waals surface area contributed by atoms with Crippen molar-refractivity contribution in [1.82, 2.24) is 0 Å². The number of hydrogen-bond donors (Lipinski definition) is 0. The summed E-state index contributed by atoms with van der Waals surface area (Å²) in [7, 11) is 0. The summed E-state index contributed by atoms with van der Waals surface area (Å²) in [5.74, 6) is 0. The average molecular weight is 486 g/mol. The first-order chi connectivity index (χ1) is 10.4. The van der Waals surface area contributed by atoms with Gasteiger partial charge in [-0.25, -0.2) is 0 Å². The first-order valence-electron chi connectivity index (χ1n) is 6.89. The second kappa shape index (κ2) is 9.05. The number of hydrogen-bond acceptors (Lipinski definition) is 1. The predicted molar refractivity (Wildman–Crippen MR) is 97.3 cm³/mol. The van der Waals surface area contributed by atoms with Crippen LogP contribution in [0, 0.1) is 0 Å². The molecule has 1 radical (unpaired) electrons. The van der Waals surface area contributed by atoms with E-state index < -0.39 is 22.7 Å². The molecule has 0 fully saturated rings. The van der Waals surface area contributed by atoms with E-state index in [2.05, 4.69) is 104 Å². The molecule has 0 saturated carbocycles. The average Bonchev–Trinajstić information content (AvgIpc) is 2.60. The quantitative estimate of drug-likeness (QED) is 0.406. The van der Waals surface area contributed by atoms with Crippen LogP contribution in [-0.2, 0) is 12.6 Å². The molecule has 0 aromatic heterocycles. The normalized spacial score (nSPS) is 9.86. The van der Waals surface area contributed by atoms with Crippen LogP contribution in [0.25, 0.3) is 0 Å². The van der Waals surface area contributed by atoms with E-state index in [1.54, 1.807) is 15.6 Å². The Morgan fingerprint density at radius 3 is 0.952 bits per heavy atom. The summed E-state index contributed by atoms with van der Waals surface area (Å²) in [5.41, 5.74) is 0. The van der Waals surface area contributed by atoms with E-state index in [4.69, 9.17) is 0 Å². The van der Waals surface area contributed by atoms with Gasteiger partial charge in [0.15, 0.2) is 0 Å². The SMILES string of the molecule is C[S-].c1cc[c]([Pb]([c]2ccccc2)[c]2ccccc2)cc1. The van der Waals surface area contributed by atoms with Gasteiger partial charge in [0.25, 0.3) is 0 Å². The molecule has 0 aliphatic heterocycles. The van der Waals surface area contributed by atoms with Crippen LogP contribution < -0.4 is 9.37 Å². The molecule has 0 spiro atoms. The molecule has 0 atom stereocenters. The van der Waals surface area contributed by atoms with Crippen LogP contribution >= 0.6 is 0 Å². The van der Waals surface area contributed by atoms with E-state index in [0.717, 1.165) is 0 Å². The second-order valence-electron chi connectivity index (χ2n) is 4.47. The molecule has 0 N–H and O–H groups in total. The molecule has 0 unspecified atom stereocenters. The number of benzene rings is 3. The van der Waals surface area contributed by atoms with Crippen LogP contribution in [0.2, 0.25) is 0 Å². The second-order valence-corrected chi connectivity index (χ2v) is 14.1. The fourth-order valence-corrected chi connectivity index (χ4v) is 12.3. The number of rotatable bonds is 3. The zero-order valence-electron chi connectivity index (χ0n) is 12.1. The standard InChI is InChI=1S/3C6H5.CH4S.Pb/c3*1-2-4-6-5-3-1;1-2;/h3*1-5H;2H,1H3;/p-1. The van der Waals surface area contributed by atoms with E-state index in [1.807, 2.05) is 0 Å². The third-order valence-corrected chi connectivity index (χ3v) is 13.8. The Hall–Kier alpha value is -1.07. The van der Waals surface area contributed by atoms with Crippen LogP contribution in [0.15, 0.2) is 91.0 Å². The van der Waals surface area contributed by atoms with Gasteiger partial charge in [0, 0.05) is 0 Å². The van der Waals surface area contributed by atoms with Gasteiger partial charge in [0.05, 0.1) is 0 Å². The van der Waals surface area contributed by atoms with Crippen molar-refractivity contribution in [2.75, 3.05) is 6.26 Å². The molecule has 2 heteroatoms. The molecule has 3 aromatic rings. The van der Waals surface area contributed by atoms with Gasteiger partial charge in [-0.1, -0.05) is 0 Å². The van der Waals surface area contributed by atoms with Crippen molar-refractivity contribution in [3.63, 3.8) is 0 Å². The summed E-state index contributed by atoms with van der Waals surface area (Å²) in [6, 6.07) is 33.0. The Labute approximate surface area is 141 Å². The molecule has 21 heavy (non-hydrogen) atoms. The van der Waals surface area contributed by atoms with Crippen molar-refractivity contribution in [3.05, 3.63) is 91.0 Å². The van der Waals surface area contributed by atoms with E-state index >= 15 is 0 Å². The van der Waals surface area contributed by atoms with Crippen LogP contribution in [0.4, 0.5) is 0 Å². The van der Waals surface area contributed by atoms with Gasteiger partial charge in [-0.15, -0.1) is 0 Å². The molecule has 0 saturated heterocycles. The summed E-state index contributed by atoms with van der Waals surface area (Å²) in [6.45, 7) is 0. The van der Waals surface area contributed by atoms with Crippen LogP contribution in [0.5, 0.6) is 0 Å². The molecular weight excluding hydrogens is 467 g/mol. The van der Waals surface area contributed by atoms with Gasteiger partial charge < -0.3 is 12.6 Å². The van der Waals surface area contributed by atoms with Gasteiger partial charge in [0.1, 0.15) is 0 Å². The predicted octanol–water partition coefficient (Wildman–Crippen LogP) is 2.37. The first kappa shape index (κ1) is 16.3. The fraction of sp³-hybridized carbons (Fsp3) is 0.0526. The Morgan fingerprint density at radius 2 is 0.714 bits per heavy atom. The van der Waals surface area contributed by atoms with Crippen molar-refractivity contribution in [3.8, 4) is 0 Å². The molecule has 0 heterocycles. The molecule has 105 valence electrons. The third-order valence-electron chi connectivity index (χ3n) is 3.19. The van der Waals surface area contributed by atoms with Crippen molar-refractivity contribution in [2.45, 2.75) is 0 Å². The molecule has 0 bridgehead atoms. The fourth-order valence-electron chi connectivity index (χ4n) is 2.31. The van der Waals surface area contributed by atoms with E-state index in [-0.39, 0.29) is 0 Å². The molecule has 0 aliphatic rings. The summed E-state index contributed by atoms with van der Waals surface area (Å²) in [6.07, 6.45) is 1.58. The van der Waals surface area contributed by atoms with E-state index in [1.165, 1.54) is 0 Å². The van der Waals surface area contributed by atoms with Crippen LogP contribution in [-0.4, -0.2) is 29.0 Å². The Balaban J connectivity index is 0.000000774. The monoisotopic (exact) mass is 486 g/mol. The summed E-state index contributed by atoms with van der Waals surface area (Å²) < 4.78 is 4.64. The summed E-state index contributed by atoms with van der Waals surface area (Å²) >= 11 is 1.91. The Morgan fingerprint density at radius 1 is 0.476 bits per heavy atom. The van der Waals surface area contributed by atoms with Crippen molar-refractivity contribution < 1.29 is 0 Å². The maximum absolute atomic E-state index is 4.08. The van der Waals surface area contributed by atoms with E-state index in [0.29, 0.717) is 0 Å². The zero-order valence-corrected chi connectivity index (χ0v) is 16.8. The van der Waals surface area contributed by atoms with Gasteiger partial charge in [-0.3, -0.25) is 0 Å². The minimum absolute atomic E-state index is 1.55. The molecular formula is C19H18PbS-. The zero-order chi connectivity index (χ0) is 14.9. The van der Waals surface area contributed by atoms with Crippen LogP contribution in [0.1, 0.15) is 0 Å². The summed E-state index contributed by atoms with van der Waals surface area (Å²) in [5, 5.41) is 0. The van der Waals surface area contributed by atoms with E-state index in [9.17, 15) is 0 Å².